The van der Waals surface area contributed by atoms with Crippen molar-refractivity contribution in [1.29, 1.82) is 0 Å². The quantitative estimate of drug-likeness (QED) is 0.237. The highest BCUT2D eigenvalue weighted by Crippen LogP contribution is 2.54. The minimum Gasteiger partial charge on any atom is -0.172 e. The van der Waals surface area contributed by atoms with Crippen molar-refractivity contribution in [3.05, 3.63) is 84.9 Å². The minimum absolute atomic E-state index is 0.899. The Morgan fingerprint density at radius 2 is 0.912 bits per heavy atom. The van der Waals surface area contributed by atoms with E-state index in [1.54, 1.807) is 22.7 Å². The lowest BCUT2D eigenvalue weighted by Gasteiger charge is -2.09. The summed E-state index contributed by atoms with van der Waals surface area (Å²) in [6.45, 7) is 0. The fourth-order valence-corrected chi connectivity index (χ4v) is 7.42. The summed E-state index contributed by atoms with van der Waals surface area (Å²) < 4.78 is 18.9. The molecule has 0 fully saturated rings. The second kappa shape index (κ2) is 8.18. The first-order valence-corrected chi connectivity index (χ1v) is 13.7. The lowest BCUT2D eigenvalue weighted by molar-refractivity contribution is 1.54. The molecule has 0 bridgehead atoms. The maximum absolute atomic E-state index is 4.74. The van der Waals surface area contributed by atoms with Gasteiger partial charge in [-0.2, -0.15) is 17.5 Å². The monoisotopic (exact) mass is 510 g/mol. The summed E-state index contributed by atoms with van der Waals surface area (Å²) in [4.78, 5) is 4.71. The van der Waals surface area contributed by atoms with Crippen LogP contribution in [0.4, 0.5) is 11.4 Å². The van der Waals surface area contributed by atoms with Gasteiger partial charge in [-0.25, -0.2) is 0 Å². The van der Waals surface area contributed by atoms with Gasteiger partial charge in [0.25, 0.3) is 0 Å². The number of rotatable bonds is 4. The van der Waals surface area contributed by atoms with Crippen molar-refractivity contribution < 1.29 is 0 Å². The van der Waals surface area contributed by atoms with E-state index in [-0.39, 0.29) is 0 Å². The molecule has 1 aliphatic heterocycles. The average molecular weight is 511 g/mol. The first-order valence-electron chi connectivity index (χ1n) is 10.6. The molecule has 0 N–H and O–H groups in total. The maximum atomic E-state index is 4.74. The summed E-state index contributed by atoms with van der Waals surface area (Å²) >= 11 is 6.01. The van der Waals surface area contributed by atoms with Gasteiger partial charge >= 0.3 is 0 Å². The van der Waals surface area contributed by atoms with E-state index in [0.29, 0.717) is 0 Å². The highest BCUT2D eigenvalue weighted by molar-refractivity contribution is 7.58. The zero-order chi connectivity index (χ0) is 22.5. The molecule has 0 saturated carbocycles. The van der Waals surface area contributed by atoms with Crippen LogP contribution >= 0.6 is 34.4 Å². The molecular weight excluding hydrogens is 497 g/mol. The lowest BCUT2D eigenvalue weighted by atomic mass is 10.0. The fourth-order valence-electron chi connectivity index (χ4n) is 4.18. The van der Waals surface area contributed by atoms with Gasteiger partial charge in [-0.05, 0) is 35.4 Å². The number of nitrogens with zero attached hydrogens (tertiary/aromatic N) is 4. The molecule has 3 aromatic carbocycles. The van der Waals surface area contributed by atoms with Crippen LogP contribution in [0.2, 0.25) is 0 Å². The zero-order valence-electron chi connectivity index (χ0n) is 17.5. The molecule has 34 heavy (non-hydrogen) atoms. The highest BCUT2D eigenvalue weighted by Gasteiger charge is 2.27. The number of aromatic nitrogens is 2. The third kappa shape index (κ3) is 3.22. The summed E-state index contributed by atoms with van der Waals surface area (Å²) in [6.07, 6.45) is 0. The van der Waals surface area contributed by atoms with Crippen molar-refractivity contribution in [2.24, 2.45) is 8.73 Å². The van der Waals surface area contributed by atoms with Gasteiger partial charge < -0.3 is 0 Å². The Bertz CT molecular complexity index is 1620. The number of hydrogen-bond acceptors (Lipinski definition) is 7. The molecule has 8 heteroatoms. The molecule has 4 heterocycles. The van der Waals surface area contributed by atoms with Gasteiger partial charge in [-0.15, -0.1) is 22.7 Å². The first kappa shape index (κ1) is 20.1. The molecule has 162 valence electrons. The molecule has 0 unspecified atom stereocenters. The van der Waals surface area contributed by atoms with Crippen LogP contribution in [0.1, 0.15) is 0 Å². The third-order valence-corrected chi connectivity index (χ3v) is 9.11. The van der Waals surface area contributed by atoms with E-state index >= 15 is 0 Å². The van der Waals surface area contributed by atoms with Gasteiger partial charge in [0, 0.05) is 30.6 Å². The molecule has 3 aromatic heterocycles. The Balaban J connectivity index is 1.42. The summed E-state index contributed by atoms with van der Waals surface area (Å²) in [5, 5.41) is 0. The Kier molecular flexibility index (Phi) is 4.83. The molecule has 0 atom stereocenters. The van der Waals surface area contributed by atoms with Crippen molar-refractivity contribution >= 4 is 68.2 Å². The van der Waals surface area contributed by atoms with Crippen LogP contribution in [0.15, 0.2) is 93.7 Å². The van der Waals surface area contributed by atoms with Gasteiger partial charge in [-0.3, -0.25) is 0 Å². The second-order valence-corrected chi connectivity index (χ2v) is 11.0. The van der Waals surface area contributed by atoms with Crippen molar-refractivity contribution in [2.45, 2.75) is 0 Å². The second-order valence-electron chi connectivity index (χ2n) is 7.73. The standard InChI is InChI=1S/C26H14N4S4/c1-3-7-15(8-4-1)17-11-13-19(31-17)21-23-25(29-33-27-23)22(26-24(21)28-34-30-26)20-14-12-18(32-20)16-9-5-2-6-10-16/h1-14H. The number of fused-ring (bicyclic) bond motifs is 2. The highest BCUT2D eigenvalue weighted by atomic mass is 32.1. The first-order chi connectivity index (χ1) is 16.9. The number of thiophene rings is 2. The van der Waals surface area contributed by atoms with E-state index in [0.717, 1.165) is 43.3 Å². The summed E-state index contributed by atoms with van der Waals surface area (Å²) in [7, 11) is 0. The van der Waals surface area contributed by atoms with Crippen molar-refractivity contribution in [1.82, 2.24) is 8.75 Å². The van der Waals surface area contributed by atoms with Gasteiger partial charge in [0.1, 0.15) is 22.4 Å². The molecule has 0 spiro atoms. The molecule has 0 aliphatic carbocycles. The van der Waals surface area contributed by atoms with E-state index in [4.69, 9.17) is 17.5 Å². The molecule has 6 aromatic rings. The topological polar surface area (TPSA) is 50.5 Å². The Morgan fingerprint density at radius 3 is 1.38 bits per heavy atom. The van der Waals surface area contributed by atoms with E-state index in [1.165, 1.54) is 44.0 Å². The van der Waals surface area contributed by atoms with Crippen molar-refractivity contribution in [3.8, 4) is 41.8 Å². The Labute approximate surface area is 211 Å². The summed E-state index contributed by atoms with van der Waals surface area (Å²) in [6, 6.07) is 29.6. The average Bonchev–Trinajstić information content (AvgIpc) is 3.70. The van der Waals surface area contributed by atoms with Crippen LogP contribution in [-0.2, 0) is 11.4 Å². The van der Waals surface area contributed by atoms with E-state index < -0.39 is 0 Å². The van der Waals surface area contributed by atoms with Crippen LogP contribution in [0.5, 0.6) is 0 Å². The van der Waals surface area contributed by atoms with Gasteiger partial charge in [-0.1, -0.05) is 60.7 Å². The predicted octanol–water partition coefficient (Wildman–Crippen LogP) is 9.21. The lowest BCUT2D eigenvalue weighted by Crippen LogP contribution is -1.84. The fraction of sp³-hybridized carbons (Fsp3) is 0. The predicted molar refractivity (Wildman–Crippen MR) is 146 cm³/mol. The third-order valence-electron chi connectivity index (χ3n) is 5.75. The van der Waals surface area contributed by atoms with Crippen molar-refractivity contribution in [2.75, 3.05) is 0 Å². The van der Waals surface area contributed by atoms with E-state index in [9.17, 15) is 0 Å². The smallest absolute Gasteiger partial charge is 0.116 e. The summed E-state index contributed by atoms with van der Waals surface area (Å²) in [5.74, 6) is 0. The molecule has 7 rings (SSSR count). The van der Waals surface area contributed by atoms with Crippen LogP contribution in [-0.4, -0.2) is 8.75 Å². The Morgan fingerprint density at radius 1 is 0.471 bits per heavy atom. The van der Waals surface area contributed by atoms with Crippen LogP contribution < -0.4 is 0 Å². The van der Waals surface area contributed by atoms with Gasteiger partial charge in [0.2, 0.25) is 0 Å². The zero-order valence-corrected chi connectivity index (χ0v) is 20.8. The van der Waals surface area contributed by atoms with Gasteiger partial charge in [0.15, 0.2) is 0 Å². The number of hydrogen-bond donors (Lipinski definition) is 0. The van der Waals surface area contributed by atoms with E-state index in [1.807, 2.05) is 12.1 Å². The molecule has 0 amide bonds. The maximum Gasteiger partial charge on any atom is 0.116 e. The molecular formula is C26H14N4S4. The van der Waals surface area contributed by atoms with Crippen molar-refractivity contribution in [3.63, 3.8) is 0 Å². The molecule has 1 aliphatic rings. The van der Waals surface area contributed by atoms with Crippen LogP contribution in [0.3, 0.4) is 0 Å². The number of benzene rings is 3. The van der Waals surface area contributed by atoms with Crippen LogP contribution in [0.25, 0.3) is 52.8 Å². The normalized spacial score (nSPS) is 12.2. The van der Waals surface area contributed by atoms with Crippen LogP contribution in [0, 0.1) is 0 Å². The Hall–Kier alpha value is -3.30. The van der Waals surface area contributed by atoms with E-state index in [2.05, 4.69) is 72.8 Å². The molecule has 4 nitrogen and oxygen atoms in total. The largest absolute Gasteiger partial charge is 0.172 e. The van der Waals surface area contributed by atoms with Gasteiger partial charge in [0.05, 0.1) is 23.1 Å². The molecule has 0 radical (unpaired) electrons. The minimum atomic E-state index is 0.899. The molecule has 0 saturated heterocycles. The summed E-state index contributed by atoms with van der Waals surface area (Å²) in [5.41, 5.74) is 8.08. The SMILES string of the molecule is c1ccc(-c2ccc(-c3c4c(c(-c5ccc(-c6ccccc6)s5)c5nsnc35)N=S=N4)s2)cc1.